The summed E-state index contributed by atoms with van der Waals surface area (Å²) >= 11 is 0. The number of aliphatic imine (C=N–C) groups is 1. The lowest BCUT2D eigenvalue weighted by Gasteiger charge is -1.87. The Bertz CT molecular complexity index is 321. The normalized spacial score (nSPS) is 9.79. The number of nitrogens with zero attached hydrogens (tertiary/aromatic N) is 3. The minimum absolute atomic E-state index is 0.792. The second-order valence-corrected chi connectivity index (χ2v) is 2.86. The zero-order valence-corrected chi connectivity index (χ0v) is 9.70. The molecule has 0 unspecified atom stereocenters. The number of aryl methyl sites for hydroxylation is 2. The van der Waals surface area contributed by atoms with E-state index in [9.17, 15) is 0 Å². The summed E-state index contributed by atoms with van der Waals surface area (Å²) in [6, 6.07) is 0. The summed E-state index contributed by atoms with van der Waals surface area (Å²) in [5.74, 6) is 0. The van der Waals surface area contributed by atoms with Crippen molar-refractivity contribution in [3.8, 4) is 0 Å². The van der Waals surface area contributed by atoms with Crippen molar-refractivity contribution in [3.05, 3.63) is 29.7 Å². The maximum absolute atomic E-state index is 4.21. The SMILES string of the molecule is C=C(C)N=Cc1nn(C)cc1C.CC. The van der Waals surface area contributed by atoms with Crippen molar-refractivity contribution in [1.82, 2.24) is 9.78 Å². The van der Waals surface area contributed by atoms with Gasteiger partial charge in [0.1, 0.15) is 5.69 Å². The highest BCUT2D eigenvalue weighted by atomic mass is 15.2. The molecule has 14 heavy (non-hydrogen) atoms. The Morgan fingerprint density at radius 2 is 2.14 bits per heavy atom. The predicted molar refractivity (Wildman–Crippen MR) is 61.7 cm³/mol. The van der Waals surface area contributed by atoms with Crippen LogP contribution in [-0.2, 0) is 7.05 Å². The third-order valence-corrected chi connectivity index (χ3v) is 1.46. The van der Waals surface area contributed by atoms with Crippen LogP contribution >= 0.6 is 0 Å². The predicted octanol–water partition coefficient (Wildman–Crippen LogP) is 2.71. The average Bonchev–Trinajstić information content (AvgIpc) is 2.45. The van der Waals surface area contributed by atoms with Gasteiger partial charge in [-0.3, -0.25) is 9.67 Å². The molecule has 0 N–H and O–H groups in total. The van der Waals surface area contributed by atoms with Crippen LogP contribution in [0.1, 0.15) is 32.0 Å². The topological polar surface area (TPSA) is 30.2 Å². The van der Waals surface area contributed by atoms with E-state index < -0.39 is 0 Å². The highest BCUT2D eigenvalue weighted by Crippen LogP contribution is 2.01. The molecule has 1 aromatic heterocycles. The molecule has 0 saturated carbocycles. The maximum atomic E-state index is 4.21. The fourth-order valence-electron chi connectivity index (χ4n) is 0.923. The number of hydrogen-bond donors (Lipinski definition) is 0. The van der Waals surface area contributed by atoms with Crippen LogP contribution in [0.5, 0.6) is 0 Å². The summed E-state index contributed by atoms with van der Waals surface area (Å²) < 4.78 is 1.77. The second-order valence-electron chi connectivity index (χ2n) is 2.86. The minimum Gasteiger partial charge on any atom is -0.275 e. The molecule has 0 aliphatic heterocycles. The zero-order valence-electron chi connectivity index (χ0n) is 9.70. The van der Waals surface area contributed by atoms with Crippen molar-refractivity contribution >= 4 is 6.21 Å². The average molecular weight is 193 g/mol. The largest absolute Gasteiger partial charge is 0.275 e. The monoisotopic (exact) mass is 193 g/mol. The van der Waals surface area contributed by atoms with E-state index in [0.29, 0.717) is 0 Å². The van der Waals surface area contributed by atoms with Gasteiger partial charge in [0.25, 0.3) is 0 Å². The Labute approximate surface area is 86.2 Å². The van der Waals surface area contributed by atoms with Crippen molar-refractivity contribution in [3.63, 3.8) is 0 Å². The van der Waals surface area contributed by atoms with Gasteiger partial charge in [0.05, 0.1) is 6.21 Å². The fraction of sp³-hybridized carbons (Fsp3) is 0.455. The molecule has 0 fully saturated rings. The molecular weight excluding hydrogens is 174 g/mol. The molecule has 0 saturated heterocycles. The van der Waals surface area contributed by atoms with Crippen LogP contribution in [0.25, 0.3) is 0 Å². The zero-order chi connectivity index (χ0) is 11.1. The van der Waals surface area contributed by atoms with E-state index in [-0.39, 0.29) is 0 Å². The van der Waals surface area contributed by atoms with E-state index in [1.165, 1.54) is 0 Å². The van der Waals surface area contributed by atoms with Crippen molar-refractivity contribution in [2.24, 2.45) is 12.0 Å². The third kappa shape index (κ3) is 4.03. The summed E-state index contributed by atoms with van der Waals surface area (Å²) in [5.41, 5.74) is 2.82. The molecule has 3 heteroatoms. The molecule has 1 aromatic rings. The van der Waals surface area contributed by atoms with Gasteiger partial charge in [-0.2, -0.15) is 5.10 Å². The van der Waals surface area contributed by atoms with E-state index in [4.69, 9.17) is 0 Å². The standard InChI is InChI=1S/C9H13N3.C2H6/c1-7(2)10-5-9-8(3)6-12(4)11-9;1-2/h5-6H,1H2,2-4H3;1-2H3. The highest BCUT2D eigenvalue weighted by Gasteiger charge is 1.98. The van der Waals surface area contributed by atoms with Crippen LogP contribution in [0.3, 0.4) is 0 Å². The number of aromatic nitrogens is 2. The molecule has 0 amide bonds. The van der Waals surface area contributed by atoms with Crippen molar-refractivity contribution in [2.45, 2.75) is 27.7 Å². The Morgan fingerprint density at radius 3 is 2.50 bits per heavy atom. The van der Waals surface area contributed by atoms with Crippen LogP contribution in [0.4, 0.5) is 0 Å². The van der Waals surface area contributed by atoms with Crippen LogP contribution in [0, 0.1) is 6.92 Å². The lowest BCUT2D eigenvalue weighted by Crippen LogP contribution is -1.90. The Kier molecular flexibility index (Phi) is 5.53. The van der Waals surface area contributed by atoms with E-state index in [0.717, 1.165) is 17.0 Å². The molecule has 1 rings (SSSR count). The smallest absolute Gasteiger partial charge is 0.106 e. The Morgan fingerprint density at radius 1 is 1.57 bits per heavy atom. The highest BCUT2D eigenvalue weighted by molar-refractivity contribution is 5.79. The lowest BCUT2D eigenvalue weighted by atomic mass is 10.3. The Balaban J connectivity index is 0.000000791. The summed E-state index contributed by atoms with van der Waals surface area (Å²) in [7, 11) is 1.89. The molecule has 0 aliphatic carbocycles. The van der Waals surface area contributed by atoms with Gasteiger partial charge in [0.2, 0.25) is 0 Å². The van der Waals surface area contributed by atoms with Crippen molar-refractivity contribution in [1.29, 1.82) is 0 Å². The van der Waals surface area contributed by atoms with E-state index >= 15 is 0 Å². The van der Waals surface area contributed by atoms with Gasteiger partial charge in [-0.05, 0) is 19.4 Å². The maximum Gasteiger partial charge on any atom is 0.106 e. The molecule has 0 bridgehead atoms. The lowest BCUT2D eigenvalue weighted by molar-refractivity contribution is 0.765. The van der Waals surface area contributed by atoms with Gasteiger partial charge in [0, 0.05) is 18.9 Å². The van der Waals surface area contributed by atoms with Crippen molar-refractivity contribution < 1.29 is 0 Å². The van der Waals surface area contributed by atoms with Crippen LogP contribution < -0.4 is 0 Å². The van der Waals surface area contributed by atoms with E-state index in [1.807, 2.05) is 40.9 Å². The molecule has 0 atom stereocenters. The van der Waals surface area contributed by atoms with Crippen LogP contribution in [0.15, 0.2) is 23.5 Å². The fourth-order valence-corrected chi connectivity index (χ4v) is 0.923. The first-order valence-corrected chi connectivity index (χ1v) is 4.79. The molecule has 0 spiro atoms. The molecule has 0 aliphatic rings. The summed E-state index contributed by atoms with van der Waals surface area (Å²) in [4.78, 5) is 4.07. The molecule has 0 aromatic carbocycles. The first-order valence-electron chi connectivity index (χ1n) is 4.79. The van der Waals surface area contributed by atoms with Gasteiger partial charge in [0.15, 0.2) is 0 Å². The molecule has 0 radical (unpaired) electrons. The Hall–Kier alpha value is -1.38. The van der Waals surface area contributed by atoms with Gasteiger partial charge >= 0.3 is 0 Å². The van der Waals surface area contributed by atoms with Gasteiger partial charge in [-0.25, -0.2) is 0 Å². The van der Waals surface area contributed by atoms with Crippen LogP contribution in [-0.4, -0.2) is 16.0 Å². The minimum atomic E-state index is 0.792. The van der Waals surface area contributed by atoms with E-state index in [1.54, 1.807) is 10.9 Å². The molecule has 3 nitrogen and oxygen atoms in total. The van der Waals surface area contributed by atoms with E-state index in [2.05, 4.69) is 16.7 Å². The second kappa shape index (κ2) is 6.13. The first-order chi connectivity index (χ1) is 6.59. The molecular formula is C11H19N3. The summed E-state index contributed by atoms with van der Waals surface area (Å²) in [6.07, 6.45) is 3.69. The van der Waals surface area contributed by atoms with Crippen molar-refractivity contribution in [2.75, 3.05) is 0 Å². The molecule has 78 valence electrons. The summed E-state index contributed by atoms with van der Waals surface area (Å²) in [6.45, 7) is 11.5. The van der Waals surface area contributed by atoms with Gasteiger partial charge in [-0.1, -0.05) is 20.4 Å². The third-order valence-electron chi connectivity index (χ3n) is 1.46. The number of rotatable bonds is 2. The quantitative estimate of drug-likeness (QED) is 0.664. The summed E-state index contributed by atoms with van der Waals surface area (Å²) in [5, 5.41) is 4.21. The molecule has 1 heterocycles. The number of hydrogen-bond acceptors (Lipinski definition) is 2. The number of allylic oxidation sites excluding steroid dienone is 1. The van der Waals surface area contributed by atoms with Gasteiger partial charge < -0.3 is 0 Å². The van der Waals surface area contributed by atoms with Gasteiger partial charge in [-0.15, -0.1) is 0 Å². The van der Waals surface area contributed by atoms with Crippen LogP contribution in [0.2, 0.25) is 0 Å². The first kappa shape index (κ1) is 12.6.